The molecular formula is C15H21N3O3. The third-order valence-corrected chi connectivity index (χ3v) is 3.72. The number of rotatable bonds is 4. The summed E-state index contributed by atoms with van der Waals surface area (Å²) in [6.07, 6.45) is 6.63. The molecule has 2 rings (SSSR count). The number of amides is 2. The quantitative estimate of drug-likeness (QED) is 0.790. The fourth-order valence-electron chi connectivity index (χ4n) is 2.61. The van der Waals surface area contributed by atoms with Gasteiger partial charge < -0.3 is 15.3 Å². The second kappa shape index (κ2) is 7.73. The Hall–Kier alpha value is -1.95. The van der Waals surface area contributed by atoms with Gasteiger partial charge in [-0.1, -0.05) is 6.07 Å². The summed E-state index contributed by atoms with van der Waals surface area (Å²) in [5.41, 5.74) is 0.851. The Kier molecular flexibility index (Phi) is 5.68. The van der Waals surface area contributed by atoms with Crippen molar-refractivity contribution in [2.24, 2.45) is 0 Å². The number of piperidine rings is 1. The van der Waals surface area contributed by atoms with Gasteiger partial charge >= 0.3 is 11.8 Å². The minimum atomic E-state index is -0.594. The van der Waals surface area contributed by atoms with Gasteiger partial charge in [0.2, 0.25) is 0 Å². The summed E-state index contributed by atoms with van der Waals surface area (Å²) < 4.78 is 0. The molecule has 0 radical (unpaired) electrons. The van der Waals surface area contributed by atoms with Crippen LogP contribution in [0.5, 0.6) is 0 Å². The van der Waals surface area contributed by atoms with E-state index in [1.54, 1.807) is 23.4 Å². The van der Waals surface area contributed by atoms with Crippen LogP contribution >= 0.6 is 0 Å². The highest BCUT2D eigenvalue weighted by Crippen LogP contribution is 2.19. The molecule has 1 atom stereocenters. The molecule has 0 aromatic carbocycles. The molecule has 114 valence electrons. The van der Waals surface area contributed by atoms with Crippen molar-refractivity contribution < 1.29 is 14.7 Å². The molecule has 6 nitrogen and oxygen atoms in total. The number of hydrogen-bond acceptors (Lipinski definition) is 4. The molecule has 2 heterocycles. The Balaban J connectivity index is 1.90. The van der Waals surface area contributed by atoms with Crippen LogP contribution < -0.4 is 5.32 Å². The molecule has 0 bridgehead atoms. The largest absolute Gasteiger partial charge is 0.396 e. The molecule has 2 N–H and O–H groups in total. The second-order valence-corrected chi connectivity index (χ2v) is 5.20. The second-order valence-electron chi connectivity index (χ2n) is 5.20. The van der Waals surface area contributed by atoms with Crippen molar-refractivity contribution >= 4 is 11.8 Å². The summed E-state index contributed by atoms with van der Waals surface area (Å²) in [5.74, 6) is -1.10. The van der Waals surface area contributed by atoms with E-state index in [0.717, 1.165) is 24.8 Å². The van der Waals surface area contributed by atoms with E-state index in [1.807, 2.05) is 6.07 Å². The zero-order chi connectivity index (χ0) is 15.1. The predicted molar refractivity (Wildman–Crippen MR) is 77.1 cm³/mol. The third kappa shape index (κ3) is 4.26. The zero-order valence-electron chi connectivity index (χ0n) is 12.0. The number of pyridine rings is 1. The van der Waals surface area contributed by atoms with Gasteiger partial charge in [-0.15, -0.1) is 0 Å². The summed E-state index contributed by atoms with van der Waals surface area (Å²) >= 11 is 0. The number of aliphatic hydroxyl groups is 1. The van der Waals surface area contributed by atoms with E-state index in [2.05, 4.69) is 10.3 Å². The molecule has 2 amide bonds. The van der Waals surface area contributed by atoms with Crippen LogP contribution in [0.4, 0.5) is 0 Å². The first-order chi connectivity index (χ1) is 10.2. The number of likely N-dealkylation sites (tertiary alicyclic amines) is 1. The maximum atomic E-state index is 12.2. The molecule has 6 heteroatoms. The summed E-state index contributed by atoms with van der Waals surface area (Å²) in [6, 6.07) is 3.60. The number of hydrogen-bond donors (Lipinski definition) is 2. The molecule has 1 aromatic heterocycles. The van der Waals surface area contributed by atoms with Gasteiger partial charge in [0.15, 0.2) is 0 Å². The van der Waals surface area contributed by atoms with Crippen LogP contribution in [0.1, 0.15) is 31.2 Å². The van der Waals surface area contributed by atoms with Gasteiger partial charge in [0.25, 0.3) is 0 Å². The Morgan fingerprint density at radius 2 is 2.29 bits per heavy atom. The number of aromatic nitrogens is 1. The van der Waals surface area contributed by atoms with Gasteiger partial charge in [0, 0.05) is 38.1 Å². The van der Waals surface area contributed by atoms with Crippen molar-refractivity contribution in [3.63, 3.8) is 0 Å². The monoisotopic (exact) mass is 291 g/mol. The standard InChI is InChI=1S/C15H21N3O3/c19-9-6-13-5-1-2-8-18(13)15(21)14(20)17-11-12-4-3-7-16-10-12/h3-4,7,10,13,19H,1-2,5-6,8-9,11H2,(H,17,20). The summed E-state index contributed by atoms with van der Waals surface area (Å²) in [7, 11) is 0. The molecular weight excluding hydrogens is 270 g/mol. The predicted octanol–water partition coefficient (Wildman–Crippen LogP) is 0.461. The topological polar surface area (TPSA) is 82.5 Å². The summed E-state index contributed by atoms with van der Waals surface area (Å²) in [5, 5.41) is 11.7. The molecule has 1 aliphatic rings. The van der Waals surface area contributed by atoms with Crippen molar-refractivity contribution in [2.45, 2.75) is 38.3 Å². The van der Waals surface area contributed by atoms with Gasteiger partial charge in [0.1, 0.15) is 0 Å². The van der Waals surface area contributed by atoms with Crippen LogP contribution in [0.3, 0.4) is 0 Å². The molecule has 1 aromatic rings. The van der Waals surface area contributed by atoms with Crippen molar-refractivity contribution in [1.82, 2.24) is 15.2 Å². The Morgan fingerprint density at radius 1 is 1.43 bits per heavy atom. The zero-order valence-corrected chi connectivity index (χ0v) is 12.0. The molecule has 1 aliphatic heterocycles. The highest BCUT2D eigenvalue weighted by atomic mass is 16.3. The van der Waals surface area contributed by atoms with Gasteiger partial charge in [-0.2, -0.15) is 0 Å². The number of carbonyl (C=O) groups excluding carboxylic acids is 2. The lowest BCUT2D eigenvalue weighted by molar-refractivity contribution is -0.148. The smallest absolute Gasteiger partial charge is 0.312 e. The summed E-state index contributed by atoms with van der Waals surface area (Å²) in [6.45, 7) is 0.909. The van der Waals surface area contributed by atoms with Crippen LogP contribution in [0.15, 0.2) is 24.5 Å². The maximum Gasteiger partial charge on any atom is 0.312 e. The highest BCUT2D eigenvalue weighted by Gasteiger charge is 2.30. The molecule has 21 heavy (non-hydrogen) atoms. The maximum absolute atomic E-state index is 12.2. The number of carbonyl (C=O) groups is 2. The lowest BCUT2D eigenvalue weighted by Gasteiger charge is -2.35. The first-order valence-electron chi connectivity index (χ1n) is 7.31. The molecule has 0 spiro atoms. The van der Waals surface area contributed by atoms with E-state index in [4.69, 9.17) is 5.11 Å². The molecule has 1 fully saturated rings. The number of nitrogens with one attached hydrogen (secondary N) is 1. The fraction of sp³-hybridized carbons (Fsp3) is 0.533. The van der Waals surface area contributed by atoms with Gasteiger partial charge in [-0.25, -0.2) is 0 Å². The van der Waals surface area contributed by atoms with E-state index in [-0.39, 0.29) is 19.2 Å². The minimum Gasteiger partial charge on any atom is -0.396 e. The molecule has 1 saturated heterocycles. The van der Waals surface area contributed by atoms with Crippen LogP contribution in [-0.4, -0.2) is 46.0 Å². The first-order valence-corrected chi connectivity index (χ1v) is 7.31. The Morgan fingerprint density at radius 3 is 3.00 bits per heavy atom. The van der Waals surface area contributed by atoms with Gasteiger partial charge in [-0.3, -0.25) is 14.6 Å². The third-order valence-electron chi connectivity index (χ3n) is 3.72. The van der Waals surface area contributed by atoms with Crippen molar-refractivity contribution in [1.29, 1.82) is 0 Å². The Bertz CT molecular complexity index is 476. The Labute approximate surface area is 124 Å². The van der Waals surface area contributed by atoms with E-state index in [9.17, 15) is 9.59 Å². The lowest BCUT2D eigenvalue weighted by Crippen LogP contribution is -2.50. The van der Waals surface area contributed by atoms with Crippen LogP contribution in [0.25, 0.3) is 0 Å². The average molecular weight is 291 g/mol. The average Bonchev–Trinajstić information content (AvgIpc) is 2.54. The van der Waals surface area contributed by atoms with Crippen LogP contribution in [0, 0.1) is 0 Å². The van der Waals surface area contributed by atoms with E-state index >= 15 is 0 Å². The minimum absolute atomic E-state index is 0.0274. The number of nitrogens with zero attached hydrogens (tertiary/aromatic N) is 2. The SMILES string of the molecule is O=C(NCc1cccnc1)C(=O)N1CCCCC1CCO. The fourth-order valence-corrected chi connectivity index (χ4v) is 2.61. The molecule has 1 unspecified atom stereocenters. The van der Waals surface area contributed by atoms with Crippen LogP contribution in [-0.2, 0) is 16.1 Å². The summed E-state index contributed by atoms with van der Waals surface area (Å²) in [4.78, 5) is 29.8. The first kappa shape index (κ1) is 15.4. The van der Waals surface area contributed by atoms with Gasteiger partial charge in [-0.05, 0) is 37.3 Å². The number of aliphatic hydroxyl groups excluding tert-OH is 1. The van der Waals surface area contributed by atoms with E-state index in [1.165, 1.54) is 0 Å². The van der Waals surface area contributed by atoms with E-state index in [0.29, 0.717) is 13.0 Å². The van der Waals surface area contributed by atoms with Crippen molar-refractivity contribution in [3.05, 3.63) is 30.1 Å². The van der Waals surface area contributed by atoms with Crippen LogP contribution in [0.2, 0.25) is 0 Å². The lowest BCUT2D eigenvalue weighted by atomic mass is 9.99. The molecule has 0 saturated carbocycles. The normalized spacial score (nSPS) is 18.3. The molecule has 0 aliphatic carbocycles. The van der Waals surface area contributed by atoms with Crippen molar-refractivity contribution in [2.75, 3.05) is 13.2 Å². The highest BCUT2D eigenvalue weighted by molar-refractivity contribution is 6.35. The van der Waals surface area contributed by atoms with Gasteiger partial charge in [0.05, 0.1) is 0 Å². The van der Waals surface area contributed by atoms with Crippen molar-refractivity contribution in [3.8, 4) is 0 Å². The van der Waals surface area contributed by atoms with E-state index < -0.39 is 11.8 Å².